The molecular formula is C15H20O3. The van der Waals surface area contributed by atoms with E-state index < -0.39 is 0 Å². The van der Waals surface area contributed by atoms with Crippen LogP contribution < -0.4 is 0 Å². The summed E-state index contributed by atoms with van der Waals surface area (Å²) < 4.78 is 10.3. The lowest BCUT2D eigenvalue weighted by molar-refractivity contribution is -0.142. The lowest BCUT2D eigenvalue weighted by Gasteiger charge is -2.14. The number of hydrogen-bond acceptors (Lipinski definition) is 3. The molecule has 98 valence electrons. The Morgan fingerprint density at radius 2 is 2.11 bits per heavy atom. The summed E-state index contributed by atoms with van der Waals surface area (Å²) in [6.45, 7) is 4.80. The third kappa shape index (κ3) is 5.64. The van der Waals surface area contributed by atoms with E-state index in [1.807, 2.05) is 30.3 Å². The quantitative estimate of drug-likeness (QED) is 0.524. The molecule has 0 aliphatic carbocycles. The minimum Gasteiger partial charge on any atom is -0.469 e. The topological polar surface area (TPSA) is 35.5 Å². The van der Waals surface area contributed by atoms with E-state index in [4.69, 9.17) is 4.74 Å². The van der Waals surface area contributed by atoms with E-state index in [1.165, 1.54) is 7.11 Å². The Hall–Kier alpha value is -1.61. The van der Waals surface area contributed by atoms with Gasteiger partial charge in [0.25, 0.3) is 0 Å². The first kappa shape index (κ1) is 14.5. The van der Waals surface area contributed by atoms with Gasteiger partial charge >= 0.3 is 5.97 Å². The molecule has 0 aliphatic heterocycles. The van der Waals surface area contributed by atoms with Gasteiger partial charge in [0.05, 0.1) is 26.7 Å². The van der Waals surface area contributed by atoms with Crippen LogP contribution in [0.2, 0.25) is 0 Å². The van der Waals surface area contributed by atoms with E-state index in [1.54, 1.807) is 6.08 Å². The van der Waals surface area contributed by atoms with Crippen molar-refractivity contribution in [2.75, 3.05) is 13.7 Å². The van der Waals surface area contributed by atoms with Crippen LogP contribution in [0.3, 0.4) is 0 Å². The molecule has 0 N–H and O–H groups in total. The highest BCUT2D eigenvalue weighted by Crippen LogP contribution is 2.12. The molecule has 0 aliphatic rings. The Labute approximate surface area is 108 Å². The first-order valence-electron chi connectivity index (χ1n) is 6.05. The van der Waals surface area contributed by atoms with E-state index >= 15 is 0 Å². The molecule has 0 spiro atoms. The Bertz CT molecular complexity index is 359. The van der Waals surface area contributed by atoms with Crippen LogP contribution in [-0.4, -0.2) is 19.7 Å². The fraction of sp³-hybridized carbons (Fsp3) is 0.400. The van der Waals surface area contributed by atoms with Crippen molar-refractivity contribution in [3.05, 3.63) is 48.6 Å². The molecule has 1 atom stereocenters. The lowest BCUT2D eigenvalue weighted by atomic mass is 10.0. The highest BCUT2D eigenvalue weighted by molar-refractivity contribution is 5.69. The van der Waals surface area contributed by atoms with Gasteiger partial charge < -0.3 is 9.47 Å². The second kappa shape index (κ2) is 8.48. The molecule has 0 amide bonds. The van der Waals surface area contributed by atoms with E-state index in [0.717, 1.165) is 12.0 Å². The number of methoxy groups -OCH3 is 1. The largest absolute Gasteiger partial charge is 0.469 e. The zero-order valence-electron chi connectivity index (χ0n) is 10.8. The van der Waals surface area contributed by atoms with Crippen LogP contribution in [0.15, 0.2) is 43.0 Å². The van der Waals surface area contributed by atoms with Gasteiger partial charge in [-0.1, -0.05) is 36.4 Å². The maximum atomic E-state index is 11.2. The van der Waals surface area contributed by atoms with Gasteiger partial charge in [0, 0.05) is 0 Å². The average Bonchev–Trinajstić information content (AvgIpc) is 2.40. The fourth-order valence-electron chi connectivity index (χ4n) is 1.68. The smallest absolute Gasteiger partial charge is 0.305 e. The molecular weight excluding hydrogens is 228 g/mol. The predicted octanol–water partition coefficient (Wildman–Crippen LogP) is 2.96. The molecule has 0 bridgehead atoms. The van der Waals surface area contributed by atoms with Gasteiger partial charge in [-0.25, -0.2) is 0 Å². The highest BCUT2D eigenvalue weighted by Gasteiger charge is 2.13. The number of benzene rings is 1. The SMILES string of the molecule is C=CCC(COCc1ccccc1)CC(=O)OC. The van der Waals surface area contributed by atoms with Crippen molar-refractivity contribution in [3.8, 4) is 0 Å². The number of hydrogen-bond donors (Lipinski definition) is 0. The summed E-state index contributed by atoms with van der Waals surface area (Å²) >= 11 is 0. The zero-order chi connectivity index (χ0) is 13.2. The summed E-state index contributed by atoms with van der Waals surface area (Å²) in [5.74, 6) is -0.0659. The van der Waals surface area contributed by atoms with Gasteiger partial charge in [-0.2, -0.15) is 0 Å². The van der Waals surface area contributed by atoms with E-state index in [9.17, 15) is 4.79 Å². The van der Waals surface area contributed by atoms with Crippen LogP contribution in [0.1, 0.15) is 18.4 Å². The van der Waals surface area contributed by atoms with Crippen LogP contribution in [0.25, 0.3) is 0 Å². The third-order valence-electron chi connectivity index (χ3n) is 2.65. The van der Waals surface area contributed by atoms with Crippen molar-refractivity contribution in [2.24, 2.45) is 5.92 Å². The van der Waals surface area contributed by atoms with Gasteiger partial charge in [0.2, 0.25) is 0 Å². The minimum absolute atomic E-state index is 0.138. The number of carbonyl (C=O) groups excluding carboxylic acids is 1. The van der Waals surface area contributed by atoms with Gasteiger partial charge in [-0.05, 0) is 17.9 Å². The van der Waals surface area contributed by atoms with Gasteiger partial charge in [-0.15, -0.1) is 6.58 Å². The normalized spacial score (nSPS) is 11.8. The maximum absolute atomic E-state index is 11.2. The number of esters is 1. The van der Waals surface area contributed by atoms with Gasteiger partial charge in [0.1, 0.15) is 0 Å². The van der Waals surface area contributed by atoms with Gasteiger partial charge in [0.15, 0.2) is 0 Å². The Morgan fingerprint density at radius 1 is 1.39 bits per heavy atom. The molecule has 0 saturated carbocycles. The van der Waals surface area contributed by atoms with Crippen LogP contribution in [-0.2, 0) is 20.9 Å². The van der Waals surface area contributed by atoms with Crippen LogP contribution in [0.5, 0.6) is 0 Å². The molecule has 1 rings (SSSR count). The van der Waals surface area contributed by atoms with Crippen molar-refractivity contribution >= 4 is 5.97 Å². The van der Waals surface area contributed by atoms with Crippen molar-refractivity contribution < 1.29 is 14.3 Å². The number of allylic oxidation sites excluding steroid dienone is 1. The Kier molecular flexibility index (Phi) is 6.81. The van der Waals surface area contributed by atoms with E-state index in [-0.39, 0.29) is 11.9 Å². The molecule has 0 fully saturated rings. The van der Waals surface area contributed by atoms with Gasteiger partial charge in [-0.3, -0.25) is 4.79 Å². The maximum Gasteiger partial charge on any atom is 0.305 e. The molecule has 0 heterocycles. The molecule has 1 aromatic carbocycles. The first-order valence-corrected chi connectivity index (χ1v) is 6.05. The monoisotopic (exact) mass is 248 g/mol. The molecule has 18 heavy (non-hydrogen) atoms. The van der Waals surface area contributed by atoms with E-state index in [0.29, 0.717) is 19.6 Å². The predicted molar refractivity (Wildman–Crippen MR) is 71.0 cm³/mol. The summed E-state index contributed by atoms with van der Waals surface area (Å²) in [6.07, 6.45) is 2.93. The zero-order valence-corrected chi connectivity index (χ0v) is 10.8. The van der Waals surface area contributed by atoms with Crippen molar-refractivity contribution in [1.82, 2.24) is 0 Å². The summed E-state index contributed by atoms with van der Waals surface area (Å²) in [6, 6.07) is 9.97. The fourth-order valence-corrected chi connectivity index (χ4v) is 1.68. The number of rotatable bonds is 8. The van der Waals surface area contributed by atoms with Crippen molar-refractivity contribution in [1.29, 1.82) is 0 Å². The first-order chi connectivity index (χ1) is 8.76. The van der Waals surface area contributed by atoms with Crippen LogP contribution in [0.4, 0.5) is 0 Å². The molecule has 3 nitrogen and oxygen atoms in total. The molecule has 3 heteroatoms. The molecule has 0 aromatic heterocycles. The van der Waals surface area contributed by atoms with E-state index in [2.05, 4.69) is 11.3 Å². The van der Waals surface area contributed by atoms with Crippen molar-refractivity contribution in [2.45, 2.75) is 19.4 Å². The second-order valence-corrected chi connectivity index (χ2v) is 4.17. The third-order valence-corrected chi connectivity index (χ3v) is 2.65. The summed E-state index contributed by atoms with van der Waals surface area (Å²) in [5, 5.41) is 0. The number of carbonyl (C=O) groups is 1. The number of ether oxygens (including phenoxy) is 2. The molecule has 1 aromatic rings. The molecule has 0 radical (unpaired) electrons. The van der Waals surface area contributed by atoms with Crippen molar-refractivity contribution in [3.63, 3.8) is 0 Å². The lowest BCUT2D eigenvalue weighted by Crippen LogP contribution is -2.15. The van der Waals surface area contributed by atoms with Crippen LogP contribution >= 0.6 is 0 Å². The standard InChI is InChI=1S/C15H20O3/c1-3-7-14(10-15(16)17-2)12-18-11-13-8-5-4-6-9-13/h3-6,8-9,14H,1,7,10-12H2,2H3. The molecule has 0 saturated heterocycles. The summed E-state index contributed by atoms with van der Waals surface area (Å²) in [7, 11) is 1.40. The summed E-state index contributed by atoms with van der Waals surface area (Å²) in [5.41, 5.74) is 1.13. The minimum atomic E-state index is -0.204. The molecule has 1 unspecified atom stereocenters. The summed E-state index contributed by atoms with van der Waals surface area (Å²) in [4.78, 5) is 11.2. The Morgan fingerprint density at radius 3 is 2.72 bits per heavy atom. The average molecular weight is 248 g/mol. The van der Waals surface area contributed by atoms with Crippen LogP contribution in [0, 0.1) is 5.92 Å². The highest BCUT2D eigenvalue weighted by atomic mass is 16.5. The second-order valence-electron chi connectivity index (χ2n) is 4.17. The Balaban J connectivity index is 2.33.